The van der Waals surface area contributed by atoms with Crippen molar-refractivity contribution in [2.24, 2.45) is 5.92 Å². The molecule has 0 aliphatic heterocycles. The van der Waals surface area contributed by atoms with Gasteiger partial charge in [-0.2, -0.15) is 0 Å². The fourth-order valence-corrected chi connectivity index (χ4v) is 1.74. The summed E-state index contributed by atoms with van der Waals surface area (Å²) in [6.07, 6.45) is 5.01. The molecule has 1 fully saturated rings. The van der Waals surface area contributed by atoms with E-state index in [2.05, 4.69) is 12.2 Å². The normalized spacial score (nSPS) is 14.7. The Balaban J connectivity index is 1.59. The molecule has 1 N–H and O–H groups in total. The minimum atomic E-state index is 0.641. The number of ether oxygens (including phenoxy) is 4. The van der Waals surface area contributed by atoms with Crippen molar-refractivity contribution in [3.63, 3.8) is 0 Å². The summed E-state index contributed by atoms with van der Waals surface area (Å²) in [6, 6.07) is 0. The van der Waals surface area contributed by atoms with Crippen LogP contribution in [0.3, 0.4) is 0 Å². The zero-order valence-corrected chi connectivity index (χ0v) is 13.6. The predicted octanol–water partition coefficient (Wildman–Crippen LogP) is 1.85. The third-order valence-corrected chi connectivity index (χ3v) is 3.28. The Labute approximate surface area is 129 Å². The van der Waals surface area contributed by atoms with E-state index in [1.54, 1.807) is 0 Å². The molecule has 0 aromatic carbocycles. The Kier molecular flexibility index (Phi) is 13.2. The average molecular weight is 303 g/mol. The smallest absolute Gasteiger partial charge is 0.0701 e. The van der Waals surface area contributed by atoms with Gasteiger partial charge in [0.25, 0.3) is 0 Å². The van der Waals surface area contributed by atoms with Crippen LogP contribution in [0.15, 0.2) is 0 Å². The highest BCUT2D eigenvalue weighted by molar-refractivity contribution is 4.71. The van der Waals surface area contributed by atoms with Gasteiger partial charge in [0.15, 0.2) is 0 Å². The van der Waals surface area contributed by atoms with Crippen molar-refractivity contribution in [2.45, 2.75) is 32.6 Å². The molecule has 0 aromatic heterocycles. The van der Waals surface area contributed by atoms with E-state index < -0.39 is 0 Å². The van der Waals surface area contributed by atoms with Crippen LogP contribution in [0.25, 0.3) is 0 Å². The minimum Gasteiger partial charge on any atom is -0.380 e. The molecule has 0 amide bonds. The third kappa shape index (κ3) is 14.5. The molecule has 1 rings (SSSR count). The summed E-state index contributed by atoms with van der Waals surface area (Å²) in [5.74, 6) is 0.852. The summed E-state index contributed by atoms with van der Waals surface area (Å²) in [6.45, 7) is 9.87. The number of nitrogens with one attached hydrogen (secondary N) is 1. The second-order valence-corrected chi connectivity index (χ2v) is 5.46. The summed E-state index contributed by atoms with van der Waals surface area (Å²) >= 11 is 0. The lowest BCUT2D eigenvalue weighted by atomic mass is 10.4. The molecule has 5 nitrogen and oxygen atoms in total. The lowest BCUT2D eigenvalue weighted by Crippen LogP contribution is -2.25. The molecule has 0 radical (unpaired) electrons. The van der Waals surface area contributed by atoms with Gasteiger partial charge in [-0.1, -0.05) is 13.3 Å². The average Bonchev–Trinajstić information content (AvgIpc) is 3.31. The van der Waals surface area contributed by atoms with Crippen LogP contribution in [-0.2, 0) is 18.9 Å². The minimum absolute atomic E-state index is 0.641. The number of hydrogen-bond acceptors (Lipinski definition) is 5. The maximum absolute atomic E-state index is 5.53. The first-order valence-corrected chi connectivity index (χ1v) is 8.45. The number of unbranched alkanes of at least 4 members (excludes halogenated alkanes) is 1. The third-order valence-electron chi connectivity index (χ3n) is 3.28. The molecule has 1 aliphatic rings. The van der Waals surface area contributed by atoms with Gasteiger partial charge in [0.2, 0.25) is 0 Å². The van der Waals surface area contributed by atoms with Crippen LogP contribution >= 0.6 is 0 Å². The molecular weight excluding hydrogens is 270 g/mol. The summed E-state index contributed by atoms with van der Waals surface area (Å²) in [5.41, 5.74) is 0. The van der Waals surface area contributed by atoms with Gasteiger partial charge in [0, 0.05) is 26.3 Å². The molecule has 0 bridgehead atoms. The largest absolute Gasteiger partial charge is 0.380 e. The molecule has 0 atom stereocenters. The van der Waals surface area contributed by atoms with Crippen molar-refractivity contribution in [3.8, 4) is 0 Å². The number of hydrogen-bond donors (Lipinski definition) is 1. The van der Waals surface area contributed by atoms with Crippen molar-refractivity contribution in [1.29, 1.82) is 0 Å². The highest BCUT2D eigenvalue weighted by Gasteiger charge is 2.20. The van der Waals surface area contributed by atoms with Crippen LogP contribution in [0.5, 0.6) is 0 Å². The van der Waals surface area contributed by atoms with E-state index in [9.17, 15) is 0 Å². The van der Waals surface area contributed by atoms with Gasteiger partial charge in [0.1, 0.15) is 0 Å². The standard InChI is InChI=1S/C16H33NO4/c1-2-3-8-18-11-13-20-14-12-19-9-6-17-7-10-21-15-16-4-5-16/h16-17H,2-15H2,1H3. The highest BCUT2D eigenvalue weighted by atomic mass is 16.5. The van der Waals surface area contributed by atoms with Gasteiger partial charge in [-0.05, 0) is 25.2 Å². The topological polar surface area (TPSA) is 49.0 Å². The predicted molar refractivity (Wildman–Crippen MR) is 83.8 cm³/mol. The first-order chi connectivity index (χ1) is 10.4. The van der Waals surface area contributed by atoms with E-state index in [4.69, 9.17) is 18.9 Å². The van der Waals surface area contributed by atoms with Crippen LogP contribution in [-0.4, -0.2) is 65.9 Å². The molecule has 21 heavy (non-hydrogen) atoms. The van der Waals surface area contributed by atoms with Gasteiger partial charge in [-0.15, -0.1) is 0 Å². The van der Waals surface area contributed by atoms with Crippen LogP contribution in [0, 0.1) is 5.92 Å². The fraction of sp³-hybridized carbons (Fsp3) is 1.00. The van der Waals surface area contributed by atoms with Crippen molar-refractivity contribution in [3.05, 3.63) is 0 Å². The van der Waals surface area contributed by atoms with Crippen molar-refractivity contribution in [1.82, 2.24) is 5.32 Å². The molecule has 1 aliphatic carbocycles. The Morgan fingerprint density at radius 3 is 1.95 bits per heavy atom. The van der Waals surface area contributed by atoms with Crippen molar-refractivity contribution >= 4 is 0 Å². The summed E-state index contributed by atoms with van der Waals surface area (Å²) in [7, 11) is 0. The lowest BCUT2D eigenvalue weighted by molar-refractivity contribution is 0.0144. The zero-order chi connectivity index (χ0) is 15.0. The first-order valence-electron chi connectivity index (χ1n) is 8.45. The van der Waals surface area contributed by atoms with E-state index in [0.717, 1.165) is 51.9 Å². The zero-order valence-electron chi connectivity index (χ0n) is 13.6. The van der Waals surface area contributed by atoms with Crippen molar-refractivity contribution < 1.29 is 18.9 Å². The molecule has 0 saturated heterocycles. The molecule has 0 aromatic rings. The van der Waals surface area contributed by atoms with Gasteiger partial charge < -0.3 is 24.3 Å². The number of rotatable bonds is 17. The van der Waals surface area contributed by atoms with Gasteiger partial charge in [-0.25, -0.2) is 0 Å². The van der Waals surface area contributed by atoms with Crippen LogP contribution < -0.4 is 5.32 Å². The van der Waals surface area contributed by atoms with E-state index in [-0.39, 0.29) is 0 Å². The van der Waals surface area contributed by atoms with Crippen molar-refractivity contribution in [2.75, 3.05) is 65.9 Å². The SMILES string of the molecule is CCCCOCCOCCOCCNCCOCC1CC1. The van der Waals surface area contributed by atoms with Crippen LogP contribution in [0.2, 0.25) is 0 Å². The highest BCUT2D eigenvalue weighted by Crippen LogP contribution is 2.28. The maximum atomic E-state index is 5.53. The monoisotopic (exact) mass is 303 g/mol. The molecule has 0 unspecified atom stereocenters. The molecule has 1 saturated carbocycles. The molecule has 0 heterocycles. The summed E-state index contributed by atoms with van der Waals surface area (Å²) in [4.78, 5) is 0. The molecular formula is C16H33NO4. The second-order valence-electron chi connectivity index (χ2n) is 5.46. The summed E-state index contributed by atoms with van der Waals surface area (Å²) in [5, 5.41) is 3.30. The van der Waals surface area contributed by atoms with Gasteiger partial charge in [0.05, 0.1) is 39.6 Å². The Morgan fingerprint density at radius 2 is 1.33 bits per heavy atom. The Bertz CT molecular complexity index is 212. The van der Waals surface area contributed by atoms with Gasteiger partial charge >= 0.3 is 0 Å². The van der Waals surface area contributed by atoms with Gasteiger partial charge in [-0.3, -0.25) is 0 Å². The second kappa shape index (κ2) is 14.7. The quantitative estimate of drug-likeness (QED) is 0.416. The fourth-order valence-electron chi connectivity index (χ4n) is 1.74. The molecule has 5 heteroatoms. The maximum Gasteiger partial charge on any atom is 0.0701 e. The Hall–Kier alpha value is -0.200. The van der Waals surface area contributed by atoms with E-state index in [0.29, 0.717) is 26.4 Å². The van der Waals surface area contributed by atoms with E-state index >= 15 is 0 Å². The van der Waals surface area contributed by atoms with E-state index in [1.165, 1.54) is 19.3 Å². The van der Waals surface area contributed by atoms with Crippen LogP contribution in [0.1, 0.15) is 32.6 Å². The molecule has 0 spiro atoms. The van der Waals surface area contributed by atoms with E-state index in [1.807, 2.05) is 0 Å². The molecule has 126 valence electrons. The van der Waals surface area contributed by atoms with Crippen LogP contribution in [0.4, 0.5) is 0 Å². The summed E-state index contributed by atoms with van der Waals surface area (Å²) < 4.78 is 21.8. The lowest BCUT2D eigenvalue weighted by Gasteiger charge is -2.08. The Morgan fingerprint density at radius 1 is 0.762 bits per heavy atom. The first kappa shape index (κ1) is 18.8.